The lowest BCUT2D eigenvalue weighted by molar-refractivity contribution is 0.788. The number of aliphatic imine (C=N–C) groups is 1. The molecule has 1 aromatic rings. The highest BCUT2D eigenvalue weighted by Crippen LogP contribution is 2.01. The third-order valence-corrected chi connectivity index (χ3v) is 2.19. The molecule has 0 aliphatic rings. The molecular weight excluding hydrogens is 234 g/mol. The molecule has 0 atom stereocenters. The Morgan fingerprint density at radius 1 is 1.67 bits per heavy atom. The molecule has 1 rings (SSSR count). The van der Waals surface area contributed by atoms with Crippen molar-refractivity contribution in [3.05, 3.63) is 22.5 Å². The van der Waals surface area contributed by atoms with Gasteiger partial charge in [0.2, 0.25) is 5.96 Å². The van der Waals surface area contributed by atoms with Gasteiger partial charge in [0.1, 0.15) is 5.82 Å². The Balaban J connectivity index is 2.42. The van der Waals surface area contributed by atoms with E-state index in [9.17, 15) is 4.79 Å². The van der Waals surface area contributed by atoms with Crippen molar-refractivity contribution in [3.8, 4) is 6.19 Å². The van der Waals surface area contributed by atoms with Gasteiger partial charge in [-0.15, -0.1) is 0 Å². The van der Waals surface area contributed by atoms with E-state index in [1.54, 1.807) is 19.3 Å². The summed E-state index contributed by atoms with van der Waals surface area (Å²) in [5, 5.41) is 20.1. The molecule has 0 aliphatic heterocycles. The van der Waals surface area contributed by atoms with E-state index in [2.05, 4.69) is 25.8 Å². The van der Waals surface area contributed by atoms with Crippen LogP contribution in [0.2, 0.25) is 0 Å². The minimum absolute atomic E-state index is 0.233. The zero-order valence-corrected chi connectivity index (χ0v) is 10.3. The minimum atomic E-state index is -0.233. The monoisotopic (exact) mass is 249 g/mol. The second kappa shape index (κ2) is 6.90. The van der Waals surface area contributed by atoms with Crippen LogP contribution in [0.4, 0.5) is 5.82 Å². The Labute approximate surface area is 104 Å². The van der Waals surface area contributed by atoms with Crippen molar-refractivity contribution in [1.82, 2.24) is 20.8 Å². The molecule has 8 heteroatoms. The summed E-state index contributed by atoms with van der Waals surface area (Å²) in [6, 6.07) is 3.06. The van der Waals surface area contributed by atoms with Crippen molar-refractivity contribution in [2.75, 3.05) is 32.1 Å². The van der Waals surface area contributed by atoms with Crippen LogP contribution in [-0.2, 0) is 0 Å². The maximum Gasteiger partial charge on any atom is 0.264 e. The molecule has 0 fully saturated rings. The van der Waals surface area contributed by atoms with E-state index in [4.69, 9.17) is 5.26 Å². The lowest BCUT2D eigenvalue weighted by Gasteiger charge is -2.17. The van der Waals surface area contributed by atoms with Gasteiger partial charge in [-0.25, -0.2) is 5.10 Å². The van der Waals surface area contributed by atoms with Gasteiger partial charge in [-0.1, -0.05) is 0 Å². The molecule has 96 valence electrons. The second-order valence-corrected chi connectivity index (χ2v) is 3.44. The van der Waals surface area contributed by atoms with Crippen LogP contribution in [0.5, 0.6) is 0 Å². The predicted octanol–water partition coefficient (Wildman–Crippen LogP) is -1.15. The first-order valence-corrected chi connectivity index (χ1v) is 5.30. The number of guanidine groups is 1. The third kappa shape index (κ3) is 4.13. The SMILES string of the molecule is CN=C(NC#N)NCCN(C)c1ccc(=O)[nH]n1. The van der Waals surface area contributed by atoms with E-state index in [0.29, 0.717) is 24.9 Å². The highest BCUT2D eigenvalue weighted by atomic mass is 16.1. The average Bonchev–Trinajstić information content (AvgIpc) is 2.38. The summed E-state index contributed by atoms with van der Waals surface area (Å²) >= 11 is 0. The quantitative estimate of drug-likeness (QED) is 0.269. The first kappa shape index (κ1) is 13.5. The smallest absolute Gasteiger partial charge is 0.264 e. The number of likely N-dealkylation sites (N-methyl/N-ethyl adjacent to an activating group) is 1. The zero-order valence-electron chi connectivity index (χ0n) is 10.3. The topological polar surface area (TPSA) is 109 Å². The van der Waals surface area contributed by atoms with E-state index in [0.717, 1.165) is 0 Å². The Morgan fingerprint density at radius 2 is 2.44 bits per heavy atom. The van der Waals surface area contributed by atoms with Gasteiger partial charge in [0, 0.05) is 33.3 Å². The minimum Gasteiger partial charge on any atom is -0.356 e. The van der Waals surface area contributed by atoms with Crippen molar-refractivity contribution in [2.45, 2.75) is 0 Å². The summed E-state index contributed by atoms with van der Waals surface area (Å²) in [7, 11) is 3.43. The Hall–Kier alpha value is -2.56. The number of nitrogens with one attached hydrogen (secondary N) is 3. The third-order valence-electron chi connectivity index (χ3n) is 2.19. The van der Waals surface area contributed by atoms with E-state index in [1.165, 1.54) is 6.07 Å². The van der Waals surface area contributed by atoms with E-state index >= 15 is 0 Å². The van der Waals surface area contributed by atoms with Crippen LogP contribution >= 0.6 is 0 Å². The van der Waals surface area contributed by atoms with E-state index in [-0.39, 0.29) is 5.56 Å². The van der Waals surface area contributed by atoms with Crippen LogP contribution in [0, 0.1) is 11.5 Å². The summed E-state index contributed by atoms with van der Waals surface area (Å²) in [5.41, 5.74) is -0.233. The van der Waals surface area contributed by atoms with Crippen molar-refractivity contribution >= 4 is 11.8 Å². The molecule has 0 spiro atoms. The summed E-state index contributed by atoms with van der Waals surface area (Å²) in [5.74, 6) is 1.08. The van der Waals surface area contributed by atoms with Crippen molar-refractivity contribution in [2.24, 2.45) is 4.99 Å². The molecule has 0 saturated carbocycles. The normalized spacial score (nSPS) is 10.6. The first-order chi connectivity index (χ1) is 8.67. The summed E-state index contributed by atoms with van der Waals surface area (Å²) in [4.78, 5) is 16.6. The second-order valence-electron chi connectivity index (χ2n) is 3.44. The van der Waals surface area contributed by atoms with Gasteiger partial charge in [-0.3, -0.25) is 15.1 Å². The fourth-order valence-electron chi connectivity index (χ4n) is 1.24. The summed E-state index contributed by atoms with van der Waals surface area (Å²) < 4.78 is 0. The van der Waals surface area contributed by atoms with Gasteiger partial charge in [0.15, 0.2) is 6.19 Å². The molecule has 0 amide bonds. The highest BCUT2D eigenvalue weighted by Gasteiger charge is 2.02. The Bertz CT molecular complexity index is 481. The van der Waals surface area contributed by atoms with Crippen LogP contribution in [0.3, 0.4) is 0 Å². The summed E-state index contributed by atoms with van der Waals surface area (Å²) in [6.07, 6.45) is 1.79. The highest BCUT2D eigenvalue weighted by molar-refractivity contribution is 5.80. The van der Waals surface area contributed by atoms with Gasteiger partial charge >= 0.3 is 0 Å². The molecule has 0 aliphatic carbocycles. The number of aromatic nitrogens is 2. The van der Waals surface area contributed by atoms with Crippen LogP contribution in [0.25, 0.3) is 0 Å². The number of nitriles is 1. The van der Waals surface area contributed by atoms with Crippen LogP contribution in [0.15, 0.2) is 21.9 Å². The van der Waals surface area contributed by atoms with E-state index < -0.39 is 0 Å². The maximum absolute atomic E-state index is 10.9. The first-order valence-electron chi connectivity index (χ1n) is 5.30. The molecule has 8 nitrogen and oxygen atoms in total. The van der Waals surface area contributed by atoms with Gasteiger partial charge in [-0.05, 0) is 6.07 Å². The van der Waals surface area contributed by atoms with E-state index in [1.807, 2.05) is 11.9 Å². The number of H-pyrrole nitrogens is 1. The Kier molecular flexibility index (Phi) is 5.18. The average molecular weight is 249 g/mol. The molecule has 3 N–H and O–H groups in total. The molecule has 1 heterocycles. The number of hydrogen-bond donors (Lipinski definition) is 3. The number of hydrogen-bond acceptors (Lipinski definition) is 5. The molecule has 0 bridgehead atoms. The molecule has 18 heavy (non-hydrogen) atoms. The zero-order chi connectivity index (χ0) is 13.4. The summed E-state index contributed by atoms with van der Waals surface area (Å²) in [6.45, 7) is 1.23. The molecule has 0 saturated heterocycles. The number of aromatic amines is 1. The fourth-order valence-corrected chi connectivity index (χ4v) is 1.24. The fraction of sp³-hybridized carbons (Fsp3) is 0.400. The molecule has 0 radical (unpaired) electrons. The predicted molar refractivity (Wildman–Crippen MR) is 68.2 cm³/mol. The van der Waals surface area contributed by atoms with Crippen LogP contribution in [0.1, 0.15) is 0 Å². The van der Waals surface area contributed by atoms with Crippen LogP contribution < -0.4 is 21.1 Å². The number of rotatable bonds is 4. The van der Waals surface area contributed by atoms with Gasteiger partial charge < -0.3 is 10.2 Å². The molecular formula is C10H15N7O. The van der Waals surface area contributed by atoms with Crippen molar-refractivity contribution in [1.29, 1.82) is 5.26 Å². The molecule has 1 aromatic heterocycles. The van der Waals surface area contributed by atoms with Crippen molar-refractivity contribution < 1.29 is 0 Å². The largest absolute Gasteiger partial charge is 0.356 e. The van der Waals surface area contributed by atoms with Gasteiger partial charge in [0.05, 0.1) is 0 Å². The van der Waals surface area contributed by atoms with Gasteiger partial charge in [0.25, 0.3) is 5.56 Å². The molecule has 0 aromatic carbocycles. The lowest BCUT2D eigenvalue weighted by Crippen LogP contribution is -2.39. The van der Waals surface area contributed by atoms with Crippen molar-refractivity contribution in [3.63, 3.8) is 0 Å². The maximum atomic E-state index is 10.9. The van der Waals surface area contributed by atoms with Gasteiger partial charge in [-0.2, -0.15) is 10.4 Å². The van der Waals surface area contributed by atoms with Crippen LogP contribution in [-0.4, -0.2) is 43.3 Å². The lowest BCUT2D eigenvalue weighted by atomic mass is 10.4. The molecule has 0 unspecified atom stereocenters. The number of nitrogens with zero attached hydrogens (tertiary/aromatic N) is 4. The standard InChI is InChI=1S/C10H15N7O/c1-12-10(14-7-11)13-5-6-17(2)8-3-4-9(18)16-15-8/h3-4H,5-6H2,1-2H3,(H,16,18)(H2,12,13,14). The number of anilines is 1. The Morgan fingerprint density at radius 3 is 3.00 bits per heavy atom.